The molecule has 1 rings (SSSR count). The molecule has 0 spiro atoms. The zero-order valence-electron chi connectivity index (χ0n) is 6.26. The SMILES string of the molecule is CC(C)(CO)c1cn[nH]c1. The van der Waals surface area contributed by atoms with E-state index in [1.807, 2.05) is 13.8 Å². The normalized spacial score (nSPS) is 11.9. The Morgan fingerprint density at radius 2 is 2.40 bits per heavy atom. The second-order valence-electron chi connectivity index (χ2n) is 3.03. The van der Waals surface area contributed by atoms with Crippen LogP contribution in [0.25, 0.3) is 0 Å². The van der Waals surface area contributed by atoms with Crippen molar-refractivity contribution in [3.63, 3.8) is 0 Å². The molecule has 0 saturated carbocycles. The molecule has 3 nitrogen and oxygen atoms in total. The van der Waals surface area contributed by atoms with Crippen molar-refractivity contribution in [2.24, 2.45) is 0 Å². The monoisotopic (exact) mass is 140 g/mol. The van der Waals surface area contributed by atoms with E-state index in [0.29, 0.717) is 0 Å². The molecule has 10 heavy (non-hydrogen) atoms. The molecule has 0 aliphatic rings. The first-order valence-corrected chi connectivity index (χ1v) is 3.27. The largest absolute Gasteiger partial charge is 0.395 e. The maximum Gasteiger partial charge on any atom is 0.0525 e. The lowest BCUT2D eigenvalue weighted by atomic mass is 9.88. The first kappa shape index (κ1) is 7.28. The molecule has 3 heteroatoms. The van der Waals surface area contributed by atoms with Crippen LogP contribution in [0.5, 0.6) is 0 Å². The minimum atomic E-state index is -0.174. The zero-order chi connectivity index (χ0) is 7.61. The number of H-pyrrole nitrogens is 1. The van der Waals surface area contributed by atoms with Gasteiger partial charge in [-0.05, 0) is 5.56 Å². The number of aliphatic hydroxyl groups is 1. The lowest BCUT2D eigenvalue weighted by molar-refractivity contribution is 0.218. The molecule has 0 amide bonds. The van der Waals surface area contributed by atoms with Gasteiger partial charge in [-0.1, -0.05) is 13.8 Å². The van der Waals surface area contributed by atoms with Crippen LogP contribution >= 0.6 is 0 Å². The Balaban J connectivity index is 2.85. The van der Waals surface area contributed by atoms with Crippen LogP contribution in [0.2, 0.25) is 0 Å². The Morgan fingerprint density at radius 1 is 1.70 bits per heavy atom. The summed E-state index contributed by atoms with van der Waals surface area (Å²) in [5.41, 5.74) is 0.863. The van der Waals surface area contributed by atoms with Crippen molar-refractivity contribution < 1.29 is 5.11 Å². The molecule has 0 bridgehead atoms. The van der Waals surface area contributed by atoms with E-state index in [-0.39, 0.29) is 12.0 Å². The summed E-state index contributed by atoms with van der Waals surface area (Å²) >= 11 is 0. The molecule has 0 saturated heterocycles. The summed E-state index contributed by atoms with van der Waals surface area (Å²) in [4.78, 5) is 0. The Labute approximate surface area is 60.1 Å². The minimum absolute atomic E-state index is 0.145. The average Bonchev–Trinajstić information content (AvgIpc) is 2.38. The number of aliphatic hydroxyl groups excluding tert-OH is 1. The van der Waals surface area contributed by atoms with E-state index in [0.717, 1.165) is 5.56 Å². The smallest absolute Gasteiger partial charge is 0.0525 e. The van der Waals surface area contributed by atoms with Crippen molar-refractivity contribution in [3.8, 4) is 0 Å². The predicted octanol–water partition coefficient (Wildman–Crippen LogP) is 0.680. The Bertz CT molecular complexity index is 191. The fraction of sp³-hybridized carbons (Fsp3) is 0.571. The van der Waals surface area contributed by atoms with Gasteiger partial charge in [-0.3, -0.25) is 5.10 Å². The summed E-state index contributed by atoms with van der Waals surface area (Å²) in [6, 6.07) is 0. The van der Waals surface area contributed by atoms with Crippen molar-refractivity contribution in [1.29, 1.82) is 0 Å². The number of nitrogens with zero attached hydrogens (tertiary/aromatic N) is 1. The van der Waals surface area contributed by atoms with Gasteiger partial charge in [-0.25, -0.2) is 0 Å². The summed E-state index contributed by atoms with van der Waals surface area (Å²) < 4.78 is 0. The van der Waals surface area contributed by atoms with Gasteiger partial charge in [0.1, 0.15) is 0 Å². The highest BCUT2D eigenvalue weighted by Gasteiger charge is 2.19. The van der Waals surface area contributed by atoms with E-state index in [1.165, 1.54) is 0 Å². The van der Waals surface area contributed by atoms with Crippen LogP contribution in [0.3, 0.4) is 0 Å². The van der Waals surface area contributed by atoms with Crippen molar-refractivity contribution in [2.75, 3.05) is 6.61 Å². The van der Waals surface area contributed by atoms with Crippen molar-refractivity contribution in [3.05, 3.63) is 18.0 Å². The lowest BCUT2D eigenvalue weighted by Crippen LogP contribution is -2.21. The maximum absolute atomic E-state index is 8.92. The van der Waals surface area contributed by atoms with E-state index < -0.39 is 0 Å². The Morgan fingerprint density at radius 3 is 2.80 bits per heavy atom. The highest BCUT2D eigenvalue weighted by Crippen LogP contribution is 2.19. The first-order chi connectivity index (χ1) is 4.67. The fourth-order valence-electron chi connectivity index (χ4n) is 0.712. The standard InChI is InChI=1S/C7H12N2O/c1-7(2,5-10)6-3-8-9-4-6/h3-4,10H,5H2,1-2H3,(H,8,9). The molecule has 0 fully saturated rings. The molecule has 1 aromatic rings. The third-order valence-corrected chi connectivity index (χ3v) is 1.67. The van der Waals surface area contributed by atoms with Crippen LogP contribution in [-0.2, 0) is 5.41 Å². The number of hydrogen-bond donors (Lipinski definition) is 2. The summed E-state index contributed by atoms with van der Waals surface area (Å²) in [7, 11) is 0. The number of hydrogen-bond acceptors (Lipinski definition) is 2. The number of rotatable bonds is 2. The lowest BCUT2D eigenvalue weighted by Gasteiger charge is -2.18. The molecule has 0 atom stereocenters. The molecule has 1 heterocycles. The first-order valence-electron chi connectivity index (χ1n) is 3.27. The van der Waals surface area contributed by atoms with Crippen molar-refractivity contribution in [2.45, 2.75) is 19.3 Å². The highest BCUT2D eigenvalue weighted by molar-refractivity contribution is 5.15. The number of nitrogens with one attached hydrogen (secondary N) is 1. The maximum atomic E-state index is 8.92. The third-order valence-electron chi connectivity index (χ3n) is 1.67. The fourth-order valence-corrected chi connectivity index (χ4v) is 0.712. The summed E-state index contributed by atoms with van der Waals surface area (Å²) in [5, 5.41) is 15.4. The Kier molecular flexibility index (Phi) is 1.76. The van der Waals surface area contributed by atoms with Crippen LogP contribution in [0.4, 0.5) is 0 Å². The molecule has 0 aliphatic heterocycles. The van der Waals surface area contributed by atoms with Crippen molar-refractivity contribution >= 4 is 0 Å². The van der Waals surface area contributed by atoms with Gasteiger partial charge in [0.15, 0.2) is 0 Å². The second-order valence-corrected chi connectivity index (χ2v) is 3.03. The van der Waals surface area contributed by atoms with Crippen LogP contribution in [0.15, 0.2) is 12.4 Å². The summed E-state index contributed by atoms with van der Waals surface area (Å²) in [5.74, 6) is 0. The molecule has 1 aromatic heterocycles. The van der Waals surface area contributed by atoms with Gasteiger partial charge in [-0.2, -0.15) is 5.10 Å². The van der Waals surface area contributed by atoms with E-state index in [9.17, 15) is 0 Å². The van der Waals surface area contributed by atoms with Gasteiger partial charge in [0.2, 0.25) is 0 Å². The average molecular weight is 140 g/mol. The molecule has 0 unspecified atom stereocenters. The molecular weight excluding hydrogens is 128 g/mol. The van der Waals surface area contributed by atoms with Gasteiger partial charge in [-0.15, -0.1) is 0 Å². The molecular formula is C7H12N2O. The van der Waals surface area contributed by atoms with Crippen LogP contribution < -0.4 is 0 Å². The second kappa shape index (κ2) is 2.42. The van der Waals surface area contributed by atoms with E-state index in [1.54, 1.807) is 12.4 Å². The van der Waals surface area contributed by atoms with Gasteiger partial charge in [0, 0.05) is 11.6 Å². The molecule has 0 aliphatic carbocycles. The number of aromatic nitrogens is 2. The van der Waals surface area contributed by atoms with Crippen LogP contribution in [-0.4, -0.2) is 21.9 Å². The minimum Gasteiger partial charge on any atom is -0.395 e. The van der Waals surface area contributed by atoms with Gasteiger partial charge in [0.25, 0.3) is 0 Å². The molecule has 0 aromatic carbocycles. The van der Waals surface area contributed by atoms with Crippen LogP contribution in [0.1, 0.15) is 19.4 Å². The third kappa shape index (κ3) is 1.19. The van der Waals surface area contributed by atoms with Gasteiger partial charge >= 0.3 is 0 Å². The number of aromatic amines is 1. The van der Waals surface area contributed by atoms with Crippen molar-refractivity contribution in [1.82, 2.24) is 10.2 Å². The highest BCUT2D eigenvalue weighted by atomic mass is 16.3. The van der Waals surface area contributed by atoms with Crippen LogP contribution in [0, 0.1) is 0 Å². The van der Waals surface area contributed by atoms with Gasteiger partial charge in [0.05, 0.1) is 12.8 Å². The zero-order valence-corrected chi connectivity index (χ0v) is 6.26. The predicted molar refractivity (Wildman–Crippen MR) is 38.7 cm³/mol. The quantitative estimate of drug-likeness (QED) is 0.634. The van der Waals surface area contributed by atoms with E-state index in [2.05, 4.69) is 10.2 Å². The Hall–Kier alpha value is -0.830. The topological polar surface area (TPSA) is 48.9 Å². The molecule has 56 valence electrons. The molecule has 2 N–H and O–H groups in total. The summed E-state index contributed by atoms with van der Waals surface area (Å²) in [6.45, 7) is 4.09. The van der Waals surface area contributed by atoms with E-state index >= 15 is 0 Å². The summed E-state index contributed by atoms with van der Waals surface area (Å²) in [6.07, 6.45) is 3.53. The molecule has 0 radical (unpaired) electrons. The van der Waals surface area contributed by atoms with E-state index in [4.69, 9.17) is 5.11 Å². The van der Waals surface area contributed by atoms with Gasteiger partial charge < -0.3 is 5.11 Å².